The zero-order chi connectivity index (χ0) is 13.1. The molecule has 2 nitrogen and oxygen atoms in total. The van der Waals surface area contributed by atoms with Crippen molar-refractivity contribution in [2.24, 2.45) is 0 Å². The molecule has 96 valence electrons. The van der Waals surface area contributed by atoms with E-state index in [4.69, 9.17) is 23.2 Å². The van der Waals surface area contributed by atoms with E-state index < -0.39 is 0 Å². The van der Waals surface area contributed by atoms with Gasteiger partial charge in [-0.2, -0.15) is 0 Å². The lowest BCUT2D eigenvalue weighted by molar-refractivity contribution is 0.608. The van der Waals surface area contributed by atoms with Crippen LogP contribution in [-0.4, -0.2) is 12.0 Å². The van der Waals surface area contributed by atoms with Crippen LogP contribution >= 0.6 is 34.5 Å². The number of aromatic nitrogens is 1. The Labute approximate surface area is 119 Å². The fourth-order valence-corrected chi connectivity index (χ4v) is 2.95. The van der Waals surface area contributed by atoms with E-state index in [1.54, 1.807) is 12.1 Å². The highest BCUT2D eigenvalue weighted by molar-refractivity contribution is 7.16. The minimum absolute atomic E-state index is 0.218. The SMILES string of the molecule is CN(Cc1ccccc1F)c1nc(Cl)c(CCl)s1. The predicted molar refractivity (Wildman–Crippen MR) is 75.2 cm³/mol. The number of hydrogen-bond donors (Lipinski definition) is 0. The highest BCUT2D eigenvalue weighted by Crippen LogP contribution is 2.31. The third kappa shape index (κ3) is 2.94. The lowest BCUT2D eigenvalue weighted by atomic mass is 10.2. The van der Waals surface area contributed by atoms with Gasteiger partial charge in [-0.05, 0) is 6.07 Å². The van der Waals surface area contributed by atoms with Crippen molar-refractivity contribution < 1.29 is 4.39 Å². The summed E-state index contributed by atoms with van der Waals surface area (Å²) in [7, 11) is 1.85. The second kappa shape index (κ2) is 5.87. The monoisotopic (exact) mass is 304 g/mol. The van der Waals surface area contributed by atoms with Crippen LogP contribution in [0.4, 0.5) is 9.52 Å². The Hall–Kier alpha value is -0.840. The van der Waals surface area contributed by atoms with Crippen LogP contribution in [0.15, 0.2) is 24.3 Å². The van der Waals surface area contributed by atoms with E-state index in [0.29, 0.717) is 23.1 Å². The normalized spacial score (nSPS) is 10.7. The van der Waals surface area contributed by atoms with Gasteiger partial charge in [-0.15, -0.1) is 11.6 Å². The summed E-state index contributed by atoms with van der Waals surface area (Å²) < 4.78 is 13.5. The molecule has 2 rings (SSSR count). The Morgan fingerprint density at radius 1 is 1.39 bits per heavy atom. The van der Waals surface area contributed by atoms with E-state index in [1.807, 2.05) is 18.0 Å². The number of alkyl halides is 1. The quantitative estimate of drug-likeness (QED) is 0.782. The lowest BCUT2D eigenvalue weighted by Gasteiger charge is -2.15. The fourth-order valence-electron chi connectivity index (χ4n) is 1.52. The molecule has 0 N–H and O–H groups in total. The molecule has 1 heterocycles. The van der Waals surface area contributed by atoms with E-state index in [2.05, 4.69) is 4.98 Å². The minimum Gasteiger partial charge on any atom is -0.347 e. The summed E-state index contributed by atoms with van der Waals surface area (Å²) >= 11 is 13.1. The highest BCUT2D eigenvalue weighted by Gasteiger charge is 2.13. The molecule has 1 aromatic heterocycles. The zero-order valence-corrected chi connectivity index (χ0v) is 12.0. The van der Waals surface area contributed by atoms with Gasteiger partial charge in [0.15, 0.2) is 5.13 Å². The van der Waals surface area contributed by atoms with Crippen molar-refractivity contribution in [1.82, 2.24) is 4.98 Å². The smallest absolute Gasteiger partial charge is 0.187 e. The summed E-state index contributed by atoms with van der Waals surface area (Å²) in [5.41, 5.74) is 0.624. The second-order valence-corrected chi connectivity index (χ2v) is 5.48. The van der Waals surface area contributed by atoms with E-state index in [9.17, 15) is 4.39 Å². The number of thiazole rings is 1. The van der Waals surface area contributed by atoms with Crippen LogP contribution in [0.1, 0.15) is 10.4 Å². The van der Waals surface area contributed by atoms with Gasteiger partial charge in [-0.3, -0.25) is 0 Å². The Kier molecular flexibility index (Phi) is 4.43. The van der Waals surface area contributed by atoms with Crippen molar-refractivity contribution in [3.8, 4) is 0 Å². The molecule has 0 saturated carbocycles. The van der Waals surface area contributed by atoms with Gasteiger partial charge < -0.3 is 4.90 Å². The Morgan fingerprint density at radius 2 is 2.11 bits per heavy atom. The molecule has 0 spiro atoms. The Bertz CT molecular complexity index is 545. The van der Waals surface area contributed by atoms with E-state index in [-0.39, 0.29) is 5.82 Å². The van der Waals surface area contributed by atoms with Crippen molar-refractivity contribution >= 4 is 39.7 Å². The van der Waals surface area contributed by atoms with Crippen LogP contribution in [-0.2, 0) is 12.4 Å². The van der Waals surface area contributed by atoms with Gasteiger partial charge in [0.05, 0.1) is 10.8 Å². The summed E-state index contributed by atoms with van der Waals surface area (Å²) in [5.74, 6) is 0.119. The third-order valence-electron chi connectivity index (χ3n) is 2.45. The van der Waals surface area contributed by atoms with Crippen LogP contribution in [0.3, 0.4) is 0 Å². The van der Waals surface area contributed by atoms with E-state index in [1.165, 1.54) is 17.4 Å². The van der Waals surface area contributed by atoms with Crippen LogP contribution in [0.25, 0.3) is 0 Å². The molecule has 0 aliphatic rings. The van der Waals surface area contributed by atoms with Gasteiger partial charge in [0.1, 0.15) is 11.0 Å². The summed E-state index contributed by atoms with van der Waals surface area (Å²) in [6.45, 7) is 0.443. The maximum atomic E-state index is 13.5. The largest absolute Gasteiger partial charge is 0.347 e. The molecule has 0 bridgehead atoms. The molecule has 0 fully saturated rings. The zero-order valence-electron chi connectivity index (χ0n) is 9.66. The van der Waals surface area contributed by atoms with Crippen molar-refractivity contribution in [3.05, 3.63) is 45.7 Å². The maximum absolute atomic E-state index is 13.5. The number of nitrogens with zero attached hydrogens (tertiary/aromatic N) is 2. The molecule has 1 aromatic carbocycles. The first-order valence-electron chi connectivity index (χ1n) is 5.27. The van der Waals surface area contributed by atoms with Gasteiger partial charge >= 0.3 is 0 Å². The molecule has 0 unspecified atom stereocenters. The first-order valence-corrected chi connectivity index (χ1v) is 7.00. The Balaban J connectivity index is 2.16. The molecule has 18 heavy (non-hydrogen) atoms. The van der Waals surface area contributed by atoms with Crippen LogP contribution in [0, 0.1) is 5.82 Å². The third-order valence-corrected chi connectivity index (χ3v) is 4.47. The average molecular weight is 305 g/mol. The lowest BCUT2D eigenvalue weighted by Crippen LogP contribution is -2.16. The van der Waals surface area contributed by atoms with Crippen LogP contribution in [0.2, 0.25) is 5.15 Å². The van der Waals surface area contributed by atoms with Gasteiger partial charge in [0.25, 0.3) is 0 Å². The number of anilines is 1. The first-order chi connectivity index (χ1) is 8.61. The second-order valence-electron chi connectivity index (χ2n) is 3.79. The first kappa shape index (κ1) is 13.6. The van der Waals surface area contributed by atoms with E-state index >= 15 is 0 Å². The summed E-state index contributed by atoms with van der Waals surface area (Å²) in [5, 5.41) is 1.16. The molecule has 0 atom stereocenters. The number of benzene rings is 1. The number of halogens is 3. The van der Waals surface area contributed by atoms with Gasteiger partial charge in [-0.1, -0.05) is 41.1 Å². The highest BCUT2D eigenvalue weighted by atomic mass is 35.5. The summed E-state index contributed by atoms with van der Waals surface area (Å²) in [6.07, 6.45) is 0. The summed E-state index contributed by atoms with van der Waals surface area (Å²) in [6, 6.07) is 6.68. The minimum atomic E-state index is -0.218. The fraction of sp³-hybridized carbons (Fsp3) is 0.250. The molecule has 0 aliphatic heterocycles. The molecule has 2 aromatic rings. The maximum Gasteiger partial charge on any atom is 0.187 e. The number of hydrogen-bond acceptors (Lipinski definition) is 3. The topological polar surface area (TPSA) is 16.1 Å². The van der Waals surface area contributed by atoms with Crippen LogP contribution < -0.4 is 4.90 Å². The molecule has 6 heteroatoms. The predicted octanol–water partition coefficient (Wildman–Crippen LogP) is 4.31. The standard InChI is InChI=1S/C12H11Cl2FN2S/c1-17(7-8-4-2-3-5-9(8)15)12-16-11(14)10(6-13)18-12/h2-5H,6-7H2,1H3. The number of rotatable bonds is 4. The molecule has 0 saturated heterocycles. The van der Waals surface area contributed by atoms with Crippen LogP contribution in [0.5, 0.6) is 0 Å². The van der Waals surface area contributed by atoms with Crippen molar-refractivity contribution in [3.63, 3.8) is 0 Å². The Morgan fingerprint density at radius 3 is 2.72 bits per heavy atom. The molecule has 0 amide bonds. The molecular weight excluding hydrogens is 294 g/mol. The summed E-state index contributed by atoms with van der Waals surface area (Å²) in [4.78, 5) is 6.89. The van der Waals surface area contributed by atoms with Gasteiger partial charge in [0, 0.05) is 19.2 Å². The molecule has 0 radical (unpaired) electrons. The molecular formula is C12H11Cl2FN2S. The van der Waals surface area contributed by atoms with Gasteiger partial charge in [-0.25, -0.2) is 9.37 Å². The van der Waals surface area contributed by atoms with Gasteiger partial charge in [0.2, 0.25) is 0 Å². The average Bonchev–Trinajstić information content (AvgIpc) is 2.73. The van der Waals surface area contributed by atoms with Crippen molar-refractivity contribution in [2.75, 3.05) is 11.9 Å². The van der Waals surface area contributed by atoms with E-state index in [0.717, 1.165) is 10.0 Å². The van der Waals surface area contributed by atoms with Crippen molar-refractivity contribution in [1.29, 1.82) is 0 Å². The molecule has 0 aliphatic carbocycles. The van der Waals surface area contributed by atoms with Crippen molar-refractivity contribution in [2.45, 2.75) is 12.4 Å².